The third kappa shape index (κ3) is 2.54. The number of rotatable bonds is 2. The number of hydrogen-bond acceptors (Lipinski definition) is 3. The largest absolute Gasteiger partial charge is 0.437 e. The van der Waals surface area contributed by atoms with Crippen molar-refractivity contribution >= 4 is 22.1 Å². The van der Waals surface area contributed by atoms with Crippen LogP contribution in [0.15, 0.2) is 65.2 Å². The maximum Gasteiger partial charge on any atom is 0.227 e. The van der Waals surface area contributed by atoms with Gasteiger partial charge in [0.1, 0.15) is 5.58 Å². The Kier molecular flexibility index (Phi) is 3.92. The molecule has 3 aromatic heterocycles. The summed E-state index contributed by atoms with van der Waals surface area (Å²) in [6, 6.07) is 19.5. The van der Waals surface area contributed by atoms with Crippen molar-refractivity contribution in [3.8, 4) is 22.5 Å². The average molecular weight is 419 g/mol. The minimum Gasteiger partial charge on any atom is -0.437 e. The number of pyridine rings is 2. The Hall–Kier alpha value is -3.46. The van der Waals surface area contributed by atoms with Gasteiger partial charge in [-0.3, -0.25) is 4.98 Å². The lowest BCUT2D eigenvalue weighted by Crippen LogP contribution is -2.14. The van der Waals surface area contributed by atoms with Crippen molar-refractivity contribution in [2.45, 2.75) is 46.0 Å². The normalized spacial score (nSPS) is 14.3. The summed E-state index contributed by atoms with van der Waals surface area (Å²) < 4.78 is 6.48. The Morgan fingerprint density at radius 1 is 0.906 bits per heavy atom. The number of fused-ring (bicyclic) bond motifs is 6. The zero-order valence-electron chi connectivity index (χ0n) is 19.2. The molecule has 0 atom stereocenters. The lowest BCUT2D eigenvalue weighted by Gasteiger charge is -2.20. The van der Waals surface area contributed by atoms with Gasteiger partial charge in [-0.1, -0.05) is 64.1 Å². The summed E-state index contributed by atoms with van der Waals surface area (Å²) in [5.41, 5.74) is 10.8. The molecule has 0 fully saturated rings. The van der Waals surface area contributed by atoms with Crippen LogP contribution in [0, 0.1) is 6.92 Å². The molecule has 2 aromatic carbocycles. The van der Waals surface area contributed by atoms with Crippen LogP contribution in [-0.4, -0.2) is 9.97 Å². The van der Waals surface area contributed by atoms with E-state index < -0.39 is 0 Å². The molecule has 0 saturated heterocycles. The van der Waals surface area contributed by atoms with Crippen molar-refractivity contribution in [1.82, 2.24) is 9.97 Å². The van der Waals surface area contributed by atoms with Crippen LogP contribution >= 0.6 is 0 Å². The standard InChI is InChI=1S/C29H26N2O/c1-16(2)18-12-13-30-24(14-18)25-17(3)10-11-19-21-15-23-26(31-28(21)32-27(19)25)20-8-6-7-9-22(20)29(23,4)5/h6-16H,1-5H3. The highest BCUT2D eigenvalue weighted by molar-refractivity contribution is 6.10. The van der Waals surface area contributed by atoms with Gasteiger partial charge >= 0.3 is 0 Å². The Bertz CT molecular complexity index is 1540. The summed E-state index contributed by atoms with van der Waals surface area (Å²) in [5.74, 6) is 0.443. The van der Waals surface area contributed by atoms with Gasteiger partial charge in [0.05, 0.1) is 11.4 Å². The molecule has 32 heavy (non-hydrogen) atoms. The van der Waals surface area contributed by atoms with Gasteiger partial charge < -0.3 is 4.42 Å². The molecule has 0 bridgehead atoms. The number of benzene rings is 2. The highest BCUT2D eigenvalue weighted by Gasteiger charge is 2.37. The van der Waals surface area contributed by atoms with E-state index in [4.69, 9.17) is 14.4 Å². The minimum absolute atomic E-state index is 0.0859. The predicted octanol–water partition coefficient (Wildman–Crippen LogP) is 7.78. The molecular weight excluding hydrogens is 392 g/mol. The molecule has 3 heteroatoms. The third-order valence-electron chi connectivity index (χ3n) is 7.08. The first kappa shape index (κ1) is 19.2. The summed E-state index contributed by atoms with van der Waals surface area (Å²) >= 11 is 0. The fraction of sp³-hybridized carbons (Fsp3) is 0.241. The smallest absolute Gasteiger partial charge is 0.227 e. The van der Waals surface area contributed by atoms with Crippen molar-refractivity contribution in [2.75, 3.05) is 0 Å². The van der Waals surface area contributed by atoms with Gasteiger partial charge in [0.2, 0.25) is 5.71 Å². The Labute approximate surface area is 188 Å². The van der Waals surface area contributed by atoms with E-state index in [0.29, 0.717) is 11.6 Å². The van der Waals surface area contributed by atoms with E-state index in [1.807, 2.05) is 6.20 Å². The van der Waals surface area contributed by atoms with E-state index in [0.717, 1.165) is 38.9 Å². The van der Waals surface area contributed by atoms with E-state index in [1.165, 1.54) is 22.3 Å². The first-order valence-corrected chi connectivity index (χ1v) is 11.3. The molecule has 5 aromatic rings. The van der Waals surface area contributed by atoms with Crippen LogP contribution in [0.1, 0.15) is 55.9 Å². The second-order valence-electron chi connectivity index (χ2n) is 9.77. The summed E-state index contributed by atoms with van der Waals surface area (Å²) in [5, 5.41) is 2.17. The zero-order valence-corrected chi connectivity index (χ0v) is 19.2. The first-order valence-electron chi connectivity index (χ1n) is 11.3. The molecule has 0 radical (unpaired) electrons. The number of hydrogen-bond donors (Lipinski definition) is 0. The molecule has 158 valence electrons. The maximum absolute atomic E-state index is 6.48. The predicted molar refractivity (Wildman–Crippen MR) is 131 cm³/mol. The van der Waals surface area contributed by atoms with Gasteiger partial charge in [-0.2, -0.15) is 0 Å². The van der Waals surface area contributed by atoms with Gasteiger partial charge in [-0.25, -0.2) is 4.98 Å². The van der Waals surface area contributed by atoms with Gasteiger partial charge in [-0.05, 0) is 53.3 Å². The van der Waals surface area contributed by atoms with E-state index in [-0.39, 0.29) is 5.41 Å². The molecule has 1 aliphatic carbocycles. The van der Waals surface area contributed by atoms with Gasteiger partial charge in [-0.15, -0.1) is 0 Å². The van der Waals surface area contributed by atoms with E-state index in [2.05, 4.69) is 89.2 Å². The van der Waals surface area contributed by atoms with Crippen LogP contribution < -0.4 is 0 Å². The summed E-state index contributed by atoms with van der Waals surface area (Å²) in [6.07, 6.45) is 1.90. The van der Waals surface area contributed by atoms with E-state index in [9.17, 15) is 0 Å². The van der Waals surface area contributed by atoms with Gasteiger partial charge in [0, 0.05) is 33.5 Å². The lowest BCUT2D eigenvalue weighted by molar-refractivity contribution is 0.647. The second kappa shape index (κ2) is 6.52. The van der Waals surface area contributed by atoms with Crippen LogP contribution in [0.3, 0.4) is 0 Å². The summed E-state index contributed by atoms with van der Waals surface area (Å²) in [6.45, 7) is 11.1. The van der Waals surface area contributed by atoms with E-state index >= 15 is 0 Å². The highest BCUT2D eigenvalue weighted by atomic mass is 16.3. The molecule has 0 aliphatic heterocycles. The Morgan fingerprint density at radius 2 is 1.72 bits per heavy atom. The molecule has 0 spiro atoms. The quantitative estimate of drug-likeness (QED) is 0.294. The van der Waals surface area contributed by atoms with Crippen LogP contribution in [-0.2, 0) is 5.41 Å². The molecule has 1 aliphatic rings. The molecule has 0 saturated carbocycles. The van der Waals surface area contributed by atoms with Crippen molar-refractivity contribution in [1.29, 1.82) is 0 Å². The molecule has 0 N–H and O–H groups in total. The van der Waals surface area contributed by atoms with Crippen LogP contribution in [0.2, 0.25) is 0 Å². The number of aromatic nitrogens is 2. The van der Waals surface area contributed by atoms with Crippen LogP contribution in [0.4, 0.5) is 0 Å². The van der Waals surface area contributed by atoms with Crippen molar-refractivity contribution in [2.24, 2.45) is 0 Å². The second-order valence-corrected chi connectivity index (χ2v) is 9.77. The fourth-order valence-electron chi connectivity index (χ4n) is 5.19. The van der Waals surface area contributed by atoms with E-state index in [1.54, 1.807) is 0 Å². The summed E-state index contributed by atoms with van der Waals surface area (Å²) in [7, 11) is 0. The monoisotopic (exact) mass is 418 g/mol. The number of nitrogens with zero attached hydrogens (tertiary/aromatic N) is 2. The van der Waals surface area contributed by atoms with Crippen molar-refractivity contribution in [3.63, 3.8) is 0 Å². The molecule has 3 heterocycles. The summed E-state index contributed by atoms with van der Waals surface area (Å²) in [4.78, 5) is 9.76. The lowest BCUT2D eigenvalue weighted by atomic mass is 9.82. The topological polar surface area (TPSA) is 38.9 Å². The zero-order chi connectivity index (χ0) is 22.2. The van der Waals surface area contributed by atoms with Crippen LogP contribution in [0.5, 0.6) is 0 Å². The SMILES string of the molecule is Cc1ccc2c(oc3nc4c(cc32)C(C)(C)c2ccccc2-4)c1-c1cc(C(C)C)ccn1. The maximum atomic E-state index is 6.48. The first-order chi connectivity index (χ1) is 15.4. The fourth-order valence-corrected chi connectivity index (χ4v) is 5.19. The number of furan rings is 1. The van der Waals surface area contributed by atoms with Crippen molar-refractivity contribution in [3.05, 3.63) is 83.0 Å². The minimum atomic E-state index is -0.0859. The molecule has 3 nitrogen and oxygen atoms in total. The third-order valence-corrected chi connectivity index (χ3v) is 7.08. The highest BCUT2D eigenvalue weighted by Crippen LogP contribution is 2.49. The number of aryl methyl sites for hydroxylation is 1. The van der Waals surface area contributed by atoms with Gasteiger partial charge in [0.25, 0.3) is 0 Å². The molecule has 6 rings (SSSR count). The van der Waals surface area contributed by atoms with Gasteiger partial charge in [0.15, 0.2) is 0 Å². The van der Waals surface area contributed by atoms with Crippen molar-refractivity contribution < 1.29 is 4.42 Å². The van der Waals surface area contributed by atoms with Crippen LogP contribution in [0.25, 0.3) is 44.6 Å². The molecule has 0 amide bonds. The Morgan fingerprint density at radius 3 is 2.53 bits per heavy atom. The molecule has 0 unspecified atom stereocenters. The average Bonchev–Trinajstić information content (AvgIpc) is 3.25. The Balaban J connectivity index is 1.65. The molecular formula is C29H26N2O.